The first-order chi connectivity index (χ1) is 47.9. The number of aliphatic hydroxyl groups is 1. The normalized spacial score (nSPS) is 13.9. The van der Waals surface area contributed by atoms with Gasteiger partial charge in [0.2, 0.25) is 0 Å². The number of rotatable bonds is 79. The average molecular weight is 1450 g/mol. The molecule has 0 aliphatic heterocycles. The Hall–Kier alpha value is -1.94. The van der Waals surface area contributed by atoms with Gasteiger partial charge in [-0.25, -0.2) is 9.13 Å². The highest BCUT2D eigenvalue weighted by Crippen LogP contribution is 2.45. The Kier molecular flexibility index (Phi) is 70.3. The van der Waals surface area contributed by atoms with Gasteiger partial charge in [-0.05, 0) is 37.5 Å². The topological polar surface area (TPSA) is 237 Å². The minimum atomic E-state index is -4.96. The third-order valence-electron chi connectivity index (χ3n) is 18.7. The number of carbonyl (C=O) groups is 4. The maximum absolute atomic E-state index is 13.1. The molecule has 0 aliphatic rings. The van der Waals surface area contributed by atoms with Gasteiger partial charge in [0.1, 0.15) is 19.3 Å². The Balaban J connectivity index is 5.22. The van der Waals surface area contributed by atoms with E-state index < -0.39 is 97.5 Å². The largest absolute Gasteiger partial charge is 0.472 e. The number of hydrogen-bond acceptors (Lipinski definition) is 15. The number of aliphatic hydroxyl groups excluding tert-OH is 1. The fraction of sp³-hybridized carbons (Fsp3) is 0.950. The summed E-state index contributed by atoms with van der Waals surface area (Å²) in [5, 5.41) is 10.6. The monoisotopic (exact) mass is 1450 g/mol. The van der Waals surface area contributed by atoms with Gasteiger partial charge in [-0.15, -0.1) is 0 Å². The first-order valence-corrected chi connectivity index (χ1v) is 44.5. The smallest absolute Gasteiger partial charge is 0.462 e. The van der Waals surface area contributed by atoms with Gasteiger partial charge in [-0.3, -0.25) is 37.3 Å². The Labute approximate surface area is 607 Å². The molecule has 0 aliphatic carbocycles. The highest BCUT2D eigenvalue weighted by Gasteiger charge is 2.30. The SMILES string of the molecule is CCCCCCCCCCCCCCCCCCC(=O)OC[C@H](COP(=O)(O)OC[C@@H](O)COP(=O)(O)OC[C@@H](COC(=O)CCCCCCCCC(C)C)OC(=O)CCCCCCCCCCCCCCCCC)OC(=O)CCCCCCCCCCCCCCCCCCC(C)C. The summed E-state index contributed by atoms with van der Waals surface area (Å²) in [5.41, 5.74) is 0. The molecule has 0 aromatic rings. The number of carbonyl (C=O) groups excluding carboxylic acids is 4. The maximum Gasteiger partial charge on any atom is 0.472 e. The van der Waals surface area contributed by atoms with Crippen molar-refractivity contribution in [2.75, 3.05) is 39.6 Å². The first-order valence-electron chi connectivity index (χ1n) is 41.5. The lowest BCUT2D eigenvalue weighted by atomic mass is 10.0. The van der Waals surface area contributed by atoms with Crippen molar-refractivity contribution in [2.45, 2.75) is 439 Å². The van der Waals surface area contributed by atoms with Crippen molar-refractivity contribution in [3.05, 3.63) is 0 Å². The molecule has 0 fully saturated rings. The van der Waals surface area contributed by atoms with Gasteiger partial charge < -0.3 is 33.8 Å². The zero-order valence-corrected chi connectivity index (χ0v) is 66.6. The summed E-state index contributed by atoms with van der Waals surface area (Å²) in [5.74, 6) is -0.622. The Bertz CT molecular complexity index is 1910. The predicted octanol–water partition coefficient (Wildman–Crippen LogP) is 23.9. The molecule has 0 saturated carbocycles. The summed E-state index contributed by atoms with van der Waals surface area (Å²) in [7, 11) is -9.92. The van der Waals surface area contributed by atoms with Crippen LogP contribution in [0.2, 0.25) is 0 Å². The van der Waals surface area contributed by atoms with Crippen LogP contribution in [0.25, 0.3) is 0 Å². The van der Waals surface area contributed by atoms with E-state index in [1.54, 1.807) is 0 Å². The van der Waals surface area contributed by atoms with Crippen molar-refractivity contribution < 1.29 is 80.2 Å². The third-order valence-corrected chi connectivity index (χ3v) is 20.6. The van der Waals surface area contributed by atoms with E-state index in [0.29, 0.717) is 31.6 Å². The van der Waals surface area contributed by atoms with Crippen molar-refractivity contribution in [1.29, 1.82) is 0 Å². The summed E-state index contributed by atoms with van der Waals surface area (Å²) in [6.45, 7) is 9.58. The molecule has 0 aromatic heterocycles. The molecule has 0 spiro atoms. The van der Waals surface area contributed by atoms with E-state index in [2.05, 4.69) is 41.5 Å². The molecule has 0 radical (unpaired) electrons. The fourth-order valence-electron chi connectivity index (χ4n) is 12.4. The molecule has 3 N–H and O–H groups in total. The van der Waals surface area contributed by atoms with Crippen LogP contribution in [0.3, 0.4) is 0 Å². The molecule has 0 bridgehead atoms. The third kappa shape index (κ3) is 74.1. The quantitative estimate of drug-likeness (QED) is 0.0222. The number of phosphoric ester groups is 2. The molecular formula is C80H156O17P2. The second-order valence-electron chi connectivity index (χ2n) is 29.8. The molecule has 0 heterocycles. The lowest BCUT2D eigenvalue weighted by Crippen LogP contribution is -2.30. The van der Waals surface area contributed by atoms with Crippen LogP contribution in [0.15, 0.2) is 0 Å². The zero-order valence-electron chi connectivity index (χ0n) is 64.8. The number of hydrogen-bond donors (Lipinski definition) is 3. The van der Waals surface area contributed by atoms with Gasteiger partial charge in [-0.2, -0.15) is 0 Å². The minimum Gasteiger partial charge on any atom is -0.462 e. The molecule has 19 heteroatoms. The summed E-state index contributed by atoms with van der Waals surface area (Å²) in [6.07, 6.45) is 61.2. The molecule has 17 nitrogen and oxygen atoms in total. The summed E-state index contributed by atoms with van der Waals surface area (Å²) < 4.78 is 68.7. The van der Waals surface area contributed by atoms with E-state index in [-0.39, 0.29) is 25.7 Å². The molecule has 0 aromatic carbocycles. The molecule has 2 unspecified atom stereocenters. The maximum atomic E-state index is 13.1. The van der Waals surface area contributed by atoms with Crippen LogP contribution in [0, 0.1) is 11.8 Å². The van der Waals surface area contributed by atoms with Crippen LogP contribution in [0.5, 0.6) is 0 Å². The van der Waals surface area contributed by atoms with Crippen molar-refractivity contribution in [1.82, 2.24) is 0 Å². The molecule has 0 amide bonds. The molecule has 588 valence electrons. The lowest BCUT2D eigenvalue weighted by molar-refractivity contribution is -0.161. The van der Waals surface area contributed by atoms with Gasteiger partial charge in [0, 0.05) is 25.7 Å². The van der Waals surface area contributed by atoms with E-state index in [1.807, 2.05) is 0 Å². The molecule has 0 rings (SSSR count). The van der Waals surface area contributed by atoms with Crippen LogP contribution in [-0.2, 0) is 65.4 Å². The van der Waals surface area contributed by atoms with Crippen LogP contribution < -0.4 is 0 Å². The van der Waals surface area contributed by atoms with Gasteiger partial charge >= 0.3 is 39.5 Å². The van der Waals surface area contributed by atoms with Crippen LogP contribution >= 0.6 is 15.6 Å². The van der Waals surface area contributed by atoms with Gasteiger partial charge in [0.25, 0.3) is 0 Å². The summed E-state index contributed by atoms with van der Waals surface area (Å²) >= 11 is 0. The average Bonchev–Trinajstić information content (AvgIpc) is 1.03. The Morgan fingerprint density at radius 3 is 0.687 bits per heavy atom. The summed E-state index contributed by atoms with van der Waals surface area (Å²) in [4.78, 5) is 72.9. The van der Waals surface area contributed by atoms with E-state index in [9.17, 15) is 43.2 Å². The minimum absolute atomic E-state index is 0.107. The molecule has 5 atom stereocenters. The molecule has 0 saturated heterocycles. The predicted molar refractivity (Wildman–Crippen MR) is 405 cm³/mol. The van der Waals surface area contributed by atoms with Gasteiger partial charge in [-0.1, -0.05) is 369 Å². The highest BCUT2D eigenvalue weighted by molar-refractivity contribution is 7.47. The fourth-order valence-corrected chi connectivity index (χ4v) is 13.9. The lowest BCUT2D eigenvalue weighted by Gasteiger charge is -2.21. The second-order valence-corrected chi connectivity index (χ2v) is 32.7. The van der Waals surface area contributed by atoms with E-state index in [4.69, 9.17) is 37.0 Å². The second kappa shape index (κ2) is 71.7. The van der Waals surface area contributed by atoms with E-state index >= 15 is 0 Å². The number of unbranched alkanes of at least 4 members (excludes halogenated alkanes) is 49. The van der Waals surface area contributed by atoms with Crippen molar-refractivity contribution in [3.63, 3.8) is 0 Å². The van der Waals surface area contributed by atoms with Gasteiger partial charge in [0.15, 0.2) is 12.2 Å². The van der Waals surface area contributed by atoms with Crippen LogP contribution in [-0.4, -0.2) is 96.7 Å². The zero-order chi connectivity index (χ0) is 72.8. The van der Waals surface area contributed by atoms with Crippen LogP contribution in [0.4, 0.5) is 0 Å². The van der Waals surface area contributed by atoms with Crippen molar-refractivity contribution in [3.8, 4) is 0 Å². The standard InChI is InChI=1S/C80H156O17P2/c1-7-9-11-13-15-17-19-21-23-28-31-35-39-43-50-56-62-77(82)90-68-75(96-79(84)64-59-53-45-41-37-33-29-25-24-27-30-34-38-42-48-54-60-72(3)4)70-94-98(86,87)92-66-74(81)67-93-99(88,89)95-71-76(69-91-78(83)63-57-51-47-46-49-55-61-73(5)6)97-80(85)65-58-52-44-40-36-32-26-22-20-18-16-14-12-10-8-2/h72-76,81H,7-71H2,1-6H3,(H,86,87)(H,88,89)/t74-,75-,76-/m1/s1. The number of phosphoric acid groups is 2. The Morgan fingerprint density at radius 2 is 0.465 bits per heavy atom. The number of ether oxygens (including phenoxy) is 4. The van der Waals surface area contributed by atoms with Crippen LogP contribution in [0.1, 0.15) is 420 Å². The molecular weight excluding hydrogens is 1290 g/mol. The van der Waals surface area contributed by atoms with Crippen molar-refractivity contribution in [2.24, 2.45) is 11.8 Å². The molecule has 99 heavy (non-hydrogen) atoms. The highest BCUT2D eigenvalue weighted by atomic mass is 31.2. The first kappa shape index (κ1) is 97.1. The number of esters is 4. The Morgan fingerprint density at radius 1 is 0.273 bits per heavy atom. The van der Waals surface area contributed by atoms with E-state index in [0.717, 1.165) is 102 Å². The summed E-state index contributed by atoms with van der Waals surface area (Å²) in [6, 6.07) is 0. The van der Waals surface area contributed by atoms with Gasteiger partial charge in [0.05, 0.1) is 26.4 Å². The van der Waals surface area contributed by atoms with E-state index in [1.165, 1.54) is 231 Å². The van der Waals surface area contributed by atoms with Crippen molar-refractivity contribution >= 4 is 39.5 Å².